The fraction of sp³-hybridized carbons (Fsp3) is 0.100. The van der Waals surface area contributed by atoms with E-state index in [1.54, 1.807) is 30.3 Å². The van der Waals surface area contributed by atoms with E-state index in [0.717, 1.165) is 0 Å². The molecule has 0 aliphatic rings. The number of anilines is 1. The van der Waals surface area contributed by atoms with Crippen LogP contribution in [0, 0.1) is 11.3 Å². The summed E-state index contributed by atoms with van der Waals surface area (Å²) in [6.07, 6.45) is 3.69. The molecule has 0 saturated carbocycles. The van der Waals surface area contributed by atoms with E-state index < -0.39 is 5.91 Å². The van der Waals surface area contributed by atoms with Crippen LogP contribution < -0.4 is 14.8 Å². The second-order valence-corrected chi connectivity index (χ2v) is 5.98. The number of methoxy groups -OCH3 is 2. The number of nitriles is 1. The predicted octanol–water partition coefficient (Wildman–Crippen LogP) is 4.27. The minimum atomic E-state index is -0.429. The van der Waals surface area contributed by atoms with Gasteiger partial charge in [-0.1, -0.05) is 11.6 Å². The summed E-state index contributed by atoms with van der Waals surface area (Å²) in [5.41, 5.74) is 1.75. The Morgan fingerprint density at radius 2 is 1.81 bits per heavy atom. The lowest BCUT2D eigenvalue weighted by Crippen LogP contribution is -2.14. The smallest absolute Gasteiger partial charge is 0.259 e. The molecular formula is C20H16ClN3O3. The second kappa shape index (κ2) is 7.85. The molecule has 1 amide bonds. The van der Waals surface area contributed by atoms with E-state index in [-0.39, 0.29) is 5.56 Å². The maximum Gasteiger partial charge on any atom is 0.259 e. The number of benzene rings is 2. The van der Waals surface area contributed by atoms with Gasteiger partial charge in [0.25, 0.3) is 5.91 Å². The first-order valence-electron chi connectivity index (χ1n) is 7.97. The summed E-state index contributed by atoms with van der Waals surface area (Å²) in [6, 6.07) is 13.8. The van der Waals surface area contributed by atoms with E-state index in [9.17, 15) is 4.79 Å². The Kier molecular flexibility index (Phi) is 5.34. The molecule has 1 heterocycles. The molecule has 0 aliphatic carbocycles. The van der Waals surface area contributed by atoms with Crippen molar-refractivity contribution < 1.29 is 14.3 Å². The number of aromatic nitrogens is 1. The number of nitrogens with one attached hydrogen (secondary N) is 1. The van der Waals surface area contributed by atoms with Gasteiger partial charge in [-0.05, 0) is 36.4 Å². The van der Waals surface area contributed by atoms with Gasteiger partial charge in [0, 0.05) is 18.5 Å². The highest BCUT2D eigenvalue weighted by Gasteiger charge is 2.18. The van der Waals surface area contributed by atoms with Crippen LogP contribution in [0.25, 0.3) is 5.69 Å². The quantitative estimate of drug-likeness (QED) is 0.716. The van der Waals surface area contributed by atoms with Crippen LogP contribution in [0.3, 0.4) is 0 Å². The Morgan fingerprint density at radius 1 is 1.11 bits per heavy atom. The number of carbonyl (C=O) groups excluding carboxylic acids is 1. The van der Waals surface area contributed by atoms with Crippen molar-refractivity contribution in [3.8, 4) is 23.3 Å². The summed E-state index contributed by atoms with van der Waals surface area (Å²) >= 11 is 6.38. The van der Waals surface area contributed by atoms with Crippen molar-refractivity contribution in [2.75, 3.05) is 19.5 Å². The zero-order valence-electron chi connectivity index (χ0n) is 14.7. The van der Waals surface area contributed by atoms with Gasteiger partial charge >= 0.3 is 0 Å². The Hall–Kier alpha value is -3.43. The molecule has 0 radical (unpaired) electrons. The highest BCUT2D eigenvalue weighted by atomic mass is 35.5. The fourth-order valence-corrected chi connectivity index (χ4v) is 2.91. The summed E-state index contributed by atoms with van der Waals surface area (Å²) in [4.78, 5) is 12.8. The van der Waals surface area contributed by atoms with Crippen LogP contribution in [0.15, 0.2) is 54.9 Å². The topological polar surface area (TPSA) is 76.3 Å². The van der Waals surface area contributed by atoms with Crippen LogP contribution in [0.2, 0.25) is 5.02 Å². The van der Waals surface area contributed by atoms with Crippen molar-refractivity contribution in [2.24, 2.45) is 0 Å². The Bertz CT molecular complexity index is 1020. The van der Waals surface area contributed by atoms with Gasteiger partial charge in [-0.25, -0.2) is 0 Å². The highest BCUT2D eigenvalue weighted by molar-refractivity contribution is 6.33. The molecule has 1 N–H and O–H groups in total. The molecule has 7 heteroatoms. The lowest BCUT2D eigenvalue weighted by molar-refractivity contribution is 0.102. The van der Waals surface area contributed by atoms with Crippen LogP contribution in [0.5, 0.6) is 11.5 Å². The van der Waals surface area contributed by atoms with Crippen molar-refractivity contribution in [1.82, 2.24) is 4.57 Å². The Labute approximate surface area is 161 Å². The Balaban J connectivity index is 1.98. The van der Waals surface area contributed by atoms with Gasteiger partial charge in [0.15, 0.2) is 0 Å². The summed E-state index contributed by atoms with van der Waals surface area (Å²) in [5.74, 6) is 0.383. The first kappa shape index (κ1) is 18.4. The van der Waals surface area contributed by atoms with E-state index >= 15 is 0 Å². The SMILES string of the molecule is COc1ccc(C#N)cc1NC(=O)c1cc(Cl)c(-n2cccc2)cc1OC. The minimum absolute atomic E-state index is 0.266. The monoisotopic (exact) mass is 381 g/mol. The number of amides is 1. The van der Waals surface area contributed by atoms with Crippen molar-refractivity contribution in [2.45, 2.75) is 0 Å². The van der Waals surface area contributed by atoms with Gasteiger partial charge in [0.05, 0.1) is 47.8 Å². The van der Waals surface area contributed by atoms with E-state index in [1.807, 2.05) is 35.2 Å². The lowest BCUT2D eigenvalue weighted by atomic mass is 10.1. The number of hydrogen-bond donors (Lipinski definition) is 1. The molecule has 2 aromatic carbocycles. The van der Waals surface area contributed by atoms with E-state index in [1.165, 1.54) is 14.2 Å². The minimum Gasteiger partial charge on any atom is -0.496 e. The molecule has 0 unspecified atom stereocenters. The van der Waals surface area contributed by atoms with Crippen LogP contribution in [-0.4, -0.2) is 24.7 Å². The Morgan fingerprint density at radius 3 is 2.44 bits per heavy atom. The first-order chi connectivity index (χ1) is 13.1. The summed E-state index contributed by atoms with van der Waals surface area (Å²) in [6.45, 7) is 0. The van der Waals surface area contributed by atoms with Crippen LogP contribution in [0.1, 0.15) is 15.9 Å². The summed E-state index contributed by atoms with van der Waals surface area (Å²) in [5, 5.41) is 12.2. The van der Waals surface area contributed by atoms with Gasteiger partial charge in [-0.3, -0.25) is 4.79 Å². The van der Waals surface area contributed by atoms with Gasteiger partial charge in [-0.2, -0.15) is 5.26 Å². The van der Waals surface area contributed by atoms with Gasteiger partial charge in [-0.15, -0.1) is 0 Å². The van der Waals surface area contributed by atoms with Gasteiger partial charge < -0.3 is 19.4 Å². The predicted molar refractivity (Wildman–Crippen MR) is 103 cm³/mol. The normalized spacial score (nSPS) is 10.1. The van der Waals surface area contributed by atoms with Crippen molar-refractivity contribution in [3.63, 3.8) is 0 Å². The third-order valence-electron chi connectivity index (χ3n) is 3.97. The molecule has 27 heavy (non-hydrogen) atoms. The first-order valence-corrected chi connectivity index (χ1v) is 8.35. The molecule has 136 valence electrons. The maximum absolute atomic E-state index is 12.8. The molecule has 6 nitrogen and oxygen atoms in total. The van der Waals surface area contributed by atoms with E-state index in [4.69, 9.17) is 26.3 Å². The fourth-order valence-electron chi connectivity index (χ4n) is 2.65. The molecule has 0 bridgehead atoms. The number of nitrogens with zero attached hydrogens (tertiary/aromatic N) is 2. The van der Waals surface area contributed by atoms with Crippen molar-refractivity contribution >= 4 is 23.2 Å². The molecular weight excluding hydrogens is 366 g/mol. The third-order valence-corrected chi connectivity index (χ3v) is 4.28. The molecule has 0 fully saturated rings. The molecule has 0 spiro atoms. The number of hydrogen-bond acceptors (Lipinski definition) is 4. The molecule has 3 aromatic rings. The number of rotatable bonds is 5. The van der Waals surface area contributed by atoms with Gasteiger partial charge in [0.2, 0.25) is 0 Å². The van der Waals surface area contributed by atoms with Crippen molar-refractivity contribution in [3.05, 3.63) is 71.0 Å². The average molecular weight is 382 g/mol. The number of carbonyl (C=O) groups is 1. The van der Waals surface area contributed by atoms with E-state index in [0.29, 0.717) is 33.5 Å². The second-order valence-electron chi connectivity index (χ2n) is 5.58. The van der Waals surface area contributed by atoms with Crippen LogP contribution >= 0.6 is 11.6 Å². The van der Waals surface area contributed by atoms with Gasteiger partial charge in [0.1, 0.15) is 11.5 Å². The molecule has 0 saturated heterocycles. The van der Waals surface area contributed by atoms with Crippen LogP contribution in [-0.2, 0) is 0 Å². The number of ether oxygens (including phenoxy) is 2. The third kappa shape index (κ3) is 3.73. The zero-order valence-corrected chi connectivity index (χ0v) is 15.4. The zero-order chi connectivity index (χ0) is 19.4. The average Bonchev–Trinajstić information content (AvgIpc) is 3.22. The summed E-state index contributed by atoms with van der Waals surface area (Å²) < 4.78 is 12.5. The molecule has 3 rings (SSSR count). The molecule has 0 aliphatic heterocycles. The standard InChI is InChI=1S/C20H16ClN3O3/c1-26-18-6-5-13(12-22)9-16(18)23-20(25)14-10-15(21)17(11-19(14)27-2)24-7-3-4-8-24/h3-11H,1-2H3,(H,23,25). The summed E-state index contributed by atoms with van der Waals surface area (Å²) in [7, 11) is 2.97. The van der Waals surface area contributed by atoms with Crippen LogP contribution in [0.4, 0.5) is 5.69 Å². The lowest BCUT2D eigenvalue weighted by Gasteiger charge is -2.15. The highest BCUT2D eigenvalue weighted by Crippen LogP contribution is 2.32. The maximum atomic E-state index is 12.8. The largest absolute Gasteiger partial charge is 0.496 e. The molecule has 0 atom stereocenters. The molecule has 1 aromatic heterocycles. The number of halogens is 1. The van der Waals surface area contributed by atoms with Crippen molar-refractivity contribution in [1.29, 1.82) is 5.26 Å². The van der Waals surface area contributed by atoms with E-state index in [2.05, 4.69) is 5.32 Å².